The van der Waals surface area contributed by atoms with E-state index in [1.807, 2.05) is 37.3 Å². The number of hydrogen-bond acceptors (Lipinski definition) is 5. The van der Waals surface area contributed by atoms with Crippen molar-refractivity contribution < 1.29 is 9.72 Å². The van der Waals surface area contributed by atoms with Crippen LogP contribution in [0.1, 0.15) is 38.6 Å². The summed E-state index contributed by atoms with van der Waals surface area (Å²) in [5.74, 6) is 0.185. The third kappa shape index (κ3) is 4.99. The minimum atomic E-state index is -0.417. The van der Waals surface area contributed by atoms with Gasteiger partial charge in [-0.2, -0.15) is 10.2 Å². The summed E-state index contributed by atoms with van der Waals surface area (Å²) in [5.41, 5.74) is 4.17. The number of rotatable bonds is 7. The van der Waals surface area contributed by atoms with Crippen molar-refractivity contribution in [3.8, 4) is 0 Å². The van der Waals surface area contributed by atoms with Gasteiger partial charge in [-0.25, -0.2) is 0 Å². The number of halogens is 1. The molecule has 0 fully saturated rings. The van der Waals surface area contributed by atoms with Crippen LogP contribution >= 0.6 is 11.6 Å². The number of aromatic nitrogens is 4. The van der Waals surface area contributed by atoms with E-state index in [9.17, 15) is 14.9 Å². The number of nitrogens with zero attached hydrogens (tertiary/aromatic N) is 5. The van der Waals surface area contributed by atoms with Crippen molar-refractivity contribution in [2.75, 3.05) is 5.32 Å². The summed E-state index contributed by atoms with van der Waals surface area (Å²) in [4.78, 5) is 23.5. The highest BCUT2D eigenvalue weighted by Gasteiger charge is 2.21. The molecule has 1 N–H and O–H groups in total. The average Bonchev–Trinajstić information content (AvgIpc) is 3.26. The Bertz CT molecular complexity index is 1370. The van der Waals surface area contributed by atoms with Gasteiger partial charge >= 0.3 is 5.69 Å². The van der Waals surface area contributed by atoms with Crippen molar-refractivity contribution in [3.05, 3.63) is 104 Å². The van der Waals surface area contributed by atoms with Crippen LogP contribution in [0, 0.1) is 30.9 Å². The maximum atomic E-state index is 12.7. The number of nitro groups is 1. The van der Waals surface area contributed by atoms with Crippen molar-refractivity contribution in [2.45, 2.75) is 33.9 Å². The van der Waals surface area contributed by atoms with Crippen LogP contribution in [0.5, 0.6) is 0 Å². The molecule has 0 saturated heterocycles. The maximum Gasteiger partial charge on any atom is 0.312 e. The Balaban J connectivity index is 1.43. The van der Waals surface area contributed by atoms with Gasteiger partial charge in [0, 0.05) is 22.3 Å². The van der Waals surface area contributed by atoms with E-state index >= 15 is 0 Å². The summed E-state index contributed by atoms with van der Waals surface area (Å²) in [6, 6.07) is 16.4. The summed E-state index contributed by atoms with van der Waals surface area (Å²) >= 11 is 6.06. The fourth-order valence-electron chi connectivity index (χ4n) is 3.77. The zero-order valence-corrected chi connectivity index (χ0v) is 19.7. The molecule has 0 spiro atoms. The third-order valence-corrected chi connectivity index (χ3v) is 5.75. The van der Waals surface area contributed by atoms with Crippen LogP contribution < -0.4 is 5.32 Å². The van der Waals surface area contributed by atoms with Gasteiger partial charge in [0.25, 0.3) is 5.91 Å². The highest BCUT2D eigenvalue weighted by molar-refractivity contribution is 6.30. The van der Waals surface area contributed by atoms with Gasteiger partial charge in [0.15, 0.2) is 5.82 Å². The molecule has 0 radical (unpaired) electrons. The van der Waals surface area contributed by atoms with E-state index in [-0.39, 0.29) is 11.6 Å². The summed E-state index contributed by atoms with van der Waals surface area (Å²) in [6.07, 6.45) is 0. The van der Waals surface area contributed by atoms with Gasteiger partial charge in [-0.05, 0) is 56.2 Å². The first-order valence-corrected chi connectivity index (χ1v) is 11.0. The lowest BCUT2D eigenvalue weighted by molar-refractivity contribution is -0.386. The van der Waals surface area contributed by atoms with E-state index in [0.717, 1.165) is 16.8 Å². The molecule has 4 rings (SSSR count). The van der Waals surface area contributed by atoms with E-state index in [0.29, 0.717) is 40.9 Å². The lowest BCUT2D eigenvalue weighted by Gasteiger charge is -2.06. The fourth-order valence-corrected chi connectivity index (χ4v) is 3.98. The van der Waals surface area contributed by atoms with Crippen LogP contribution in [-0.2, 0) is 13.1 Å². The summed E-state index contributed by atoms with van der Waals surface area (Å²) < 4.78 is 3.40. The minimum absolute atomic E-state index is 0.0288. The Hall–Kier alpha value is -3.98. The molecule has 2 aromatic carbocycles. The largest absolute Gasteiger partial charge is 0.312 e. The molecule has 4 aromatic rings. The van der Waals surface area contributed by atoms with Crippen LogP contribution in [0.4, 0.5) is 11.5 Å². The molecule has 10 heteroatoms. The van der Waals surface area contributed by atoms with Crippen molar-refractivity contribution in [1.82, 2.24) is 19.6 Å². The Labute approximate surface area is 201 Å². The van der Waals surface area contributed by atoms with Gasteiger partial charge in [0.1, 0.15) is 11.4 Å². The second kappa shape index (κ2) is 9.48. The van der Waals surface area contributed by atoms with Crippen LogP contribution in [0.25, 0.3) is 0 Å². The van der Waals surface area contributed by atoms with Crippen LogP contribution in [0.15, 0.2) is 54.6 Å². The van der Waals surface area contributed by atoms with Crippen LogP contribution in [0.3, 0.4) is 0 Å². The number of aryl methyl sites for hydroxylation is 2. The molecule has 0 aliphatic heterocycles. The molecular formula is C24H23ClN6O3. The van der Waals surface area contributed by atoms with Gasteiger partial charge in [-0.3, -0.25) is 24.3 Å². The molecule has 0 aliphatic carbocycles. The van der Waals surface area contributed by atoms with E-state index in [1.54, 1.807) is 47.5 Å². The number of nitrogens with one attached hydrogen (secondary N) is 1. The van der Waals surface area contributed by atoms with Gasteiger partial charge in [-0.1, -0.05) is 35.9 Å². The highest BCUT2D eigenvalue weighted by atomic mass is 35.5. The second-order valence-electron chi connectivity index (χ2n) is 8.04. The molecule has 0 saturated carbocycles. The first-order valence-electron chi connectivity index (χ1n) is 10.6. The number of hydrogen-bond donors (Lipinski definition) is 1. The molecule has 0 bridgehead atoms. The lowest BCUT2D eigenvalue weighted by atomic mass is 10.1. The SMILES string of the molecule is Cc1nn(Cc2ccc(C(=O)Nc3cc(C)n(Cc4cccc(Cl)c4)n3)cc2)c(C)c1[N+](=O)[O-]. The van der Waals surface area contributed by atoms with Gasteiger partial charge in [-0.15, -0.1) is 0 Å². The Morgan fingerprint density at radius 1 is 1.00 bits per heavy atom. The highest BCUT2D eigenvalue weighted by Crippen LogP contribution is 2.23. The number of carbonyl (C=O) groups is 1. The van der Waals surface area contributed by atoms with Gasteiger partial charge in [0.2, 0.25) is 0 Å². The molecule has 0 atom stereocenters. The molecular weight excluding hydrogens is 456 g/mol. The number of amides is 1. The van der Waals surface area contributed by atoms with Crippen molar-refractivity contribution in [2.24, 2.45) is 0 Å². The number of anilines is 1. The first kappa shape index (κ1) is 23.2. The van der Waals surface area contributed by atoms with E-state index in [2.05, 4.69) is 15.5 Å². The zero-order valence-electron chi connectivity index (χ0n) is 18.9. The van der Waals surface area contributed by atoms with Crippen molar-refractivity contribution in [1.29, 1.82) is 0 Å². The average molecular weight is 479 g/mol. The smallest absolute Gasteiger partial charge is 0.305 e. The molecule has 174 valence electrons. The predicted octanol–water partition coefficient (Wildman–Crippen LogP) is 4.92. The number of carbonyl (C=O) groups excluding carboxylic acids is 1. The molecule has 2 heterocycles. The molecule has 0 aliphatic rings. The molecule has 9 nitrogen and oxygen atoms in total. The van der Waals surface area contributed by atoms with E-state index in [1.165, 1.54) is 0 Å². The van der Waals surface area contributed by atoms with E-state index in [4.69, 9.17) is 11.6 Å². The standard InChI is InChI=1S/C24H23ClN6O3/c1-15-11-22(28-29(15)14-19-5-4-6-21(25)12-19)26-24(32)20-9-7-18(8-10-20)13-30-17(3)23(31(33)34)16(2)27-30/h4-12H,13-14H2,1-3H3,(H,26,28,32). The third-order valence-electron chi connectivity index (χ3n) is 5.52. The fraction of sp³-hybridized carbons (Fsp3) is 0.208. The zero-order chi connectivity index (χ0) is 24.4. The van der Waals surface area contributed by atoms with Crippen molar-refractivity contribution >= 4 is 29.0 Å². The predicted molar refractivity (Wildman–Crippen MR) is 129 cm³/mol. The Morgan fingerprint density at radius 3 is 2.35 bits per heavy atom. The minimum Gasteiger partial charge on any atom is -0.305 e. The van der Waals surface area contributed by atoms with Crippen LogP contribution in [-0.4, -0.2) is 30.4 Å². The molecule has 34 heavy (non-hydrogen) atoms. The second-order valence-corrected chi connectivity index (χ2v) is 8.48. The molecule has 2 aromatic heterocycles. The first-order chi connectivity index (χ1) is 16.2. The monoisotopic (exact) mass is 478 g/mol. The normalized spacial score (nSPS) is 10.9. The number of benzene rings is 2. The quantitative estimate of drug-likeness (QED) is 0.300. The topological polar surface area (TPSA) is 108 Å². The van der Waals surface area contributed by atoms with Crippen LogP contribution in [0.2, 0.25) is 5.02 Å². The van der Waals surface area contributed by atoms with Gasteiger partial charge < -0.3 is 5.32 Å². The van der Waals surface area contributed by atoms with Crippen molar-refractivity contribution in [3.63, 3.8) is 0 Å². The Kier molecular flexibility index (Phi) is 6.47. The summed E-state index contributed by atoms with van der Waals surface area (Å²) in [5, 5.41) is 23.4. The van der Waals surface area contributed by atoms with Gasteiger partial charge in [0.05, 0.1) is 18.0 Å². The molecule has 0 unspecified atom stereocenters. The summed E-state index contributed by atoms with van der Waals surface area (Å²) in [6.45, 7) is 6.13. The Morgan fingerprint density at radius 2 is 1.71 bits per heavy atom. The summed E-state index contributed by atoms with van der Waals surface area (Å²) in [7, 11) is 0. The molecule has 1 amide bonds. The maximum absolute atomic E-state index is 12.7. The van der Waals surface area contributed by atoms with E-state index < -0.39 is 4.92 Å². The lowest BCUT2D eigenvalue weighted by Crippen LogP contribution is -2.13.